The first kappa shape index (κ1) is 22.3. The molecule has 4 rings (SSSR count). The fourth-order valence-corrected chi connectivity index (χ4v) is 4.79. The zero-order chi connectivity index (χ0) is 23.6. The highest BCUT2D eigenvalue weighted by molar-refractivity contribution is 7.87. The van der Waals surface area contributed by atoms with Crippen molar-refractivity contribution in [3.8, 4) is 11.5 Å². The second-order valence-electron chi connectivity index (χ2n) is 7.68. The van der Waals surface area contributed by atoms with Crippen molar-refractivity contribution in [3.05, 3.63) is 89.5 Å². The van der Waals surface area contributed by atoms with Crippen molar-refractivity contribution in [1.29, 1.82) is 0 Å². The van der Waals surface area contributed by atoms with E-state index in [9.17, 15) is 23.1 Å². The molecule has 1 aliphatic rings. The van der Waals surface area contributed by atoms with Crippen LogP contribution in [0.1, 0.15) is 21.5 Å². The minimum atomic E-state index is -4.18. The Hall–Kier alpha value is -3.85. The van der Waals surface area contributed by atoms with Crippen LogP contribution in [-0.4, -0.2) is 38.0 Å². The maximum absolute atomic E-state index is 13.0. The average Bonchev–Trinajstić information content (AvgIpc) is 3.19. The van der Waals surface area contributed by atoms with Crippen LogP contribution >= 0.6 is 0 Å². The molecule has 0 fully saturated rings. The predicted molar refractivity (Wildman–Crippen MR) is 119 cm³/mol. The summed E-state index contributed by atoms with van der Waals surface area (Å²) < 4.78 is 35.7. The van der Waals surface area contributed by atoms with E-state index in [-0.39, 0.29) is 34.8 Å². The van der Waals surface area contributed by atoms with Crippen molar-refractivity contribution in [2.75, 3.05) is 7.11 Å². The first-order chi connectivity index (χ1) is 15.7. The smallest absolute Gasteiger partial charge is 0.339 e. The largest absolute Gasteiger partial charge is 0.493 e. The highest BCUT2D eigenvalue weighted by atomic mass is 32.2. The Balaban J connectivity index is 1.62. The van der Waals surface area contributed by atoms with Gasteiger partial charge in [0.1, 0.15) is 10.4 Å². The molecule has 8 nitrogen and oxygen atoms in total. The highest BCUT2D eigenvalue weighted by Gasteiger charge is 2.45. The van der Waals surface area contributed by atoms with Crippen LogP contribution in [0.25, 0.3) is 0 Å². The molecule has 0 radical (unpaired) electrons. The molecule has 33 heavy (non-hydrogen) atoms. The van der Waals surface area contributed by atoms with Crippen LogP contribution in [0.15, 0.2) is 77.7 Å². The minimum absolute atomic E-state index is 0.0330. The van der Waals surface area contributed by atoms with Crippen LogP contribution < -0.4 is 14.2 Å². The molecule has 0 saturated heterocycles. The molecule has 3 aromatic rings. The molecule has 1 aliphatic carbocycles. The number of aliphatic carboxylic acids is 1. The number of carbonyl (C=O) groups excluding carboxylic acids is 1. The van der Waals surface area contributed by atoms with Crippen molar-refractivity contribution in [3.63, 3.8) is 0 Å². The summed E-state index contributed by atoms with van der Waals surface area (Å²) in [5, 5.41) is 12.5. The third-order valence-corrected chi connectivity index (χ3v) is 6.77. The fourth-order valence-electron chi connectivity index (χ4n) is 3.83. The van der Waals surface area contributed by atoms with Crippen LogP contribution in [0.2, 0.25) is 0 Å². The molecule has 3 aromatic carbocycles. The molecule has 0 unspecified atom stereocenters. The lowest BCUT2D eigenvalue weighted by atomic mass is 9.95. The molecular formula is C24H21NO7S. The summed E-state index contributed by atoms with van der Waals surface area (Å²) in [6.45, 7) is 0. The molecule has 170 valence electrons. The molecule has 0 atom stereocenters. The van der Waals surface area contributed by atoms with E-state index in [1.54, 1.807) is 18.2 Å². The summed E-state index contributed by atoms with van der Waals surface area (Å²) >= 11 is 0. The highest BCUT2D eigenvalue weighted by Crippen LogP contribution is 2.33. The third-order valence-electron chi connectivity index (χ3n) is 5.52. The molecule has 2 N–H and O–H groups in total. The first-order valence-corrected chi connectivity index (χ1v) is 11.5. The molecule has 0 aromatic heterocycles. The van der Waals surface area contributed by atoms with Gasteiger partial charge in [-0.3, -0.25) is 4.79 Å². The number of methoxy groups -OCH3 is 1. The van der Waals surface area contributed by atoms with Gasteiger partial charge in [-0.25, -0.2) is 4.79 Å². The van der Waals surface area contributed by atoms with Gasteiger partial charge in [0.15, 0.2) is 11.5 Å². The van der Waals surface area contributed by atoms with E-state index in [1.165, 1.54) is 37.4 Å². The Bertz CT molecular complexity index is 1290. The molecule has 0 aliphatic heterocycles. The van der Waals surface area contributed by atoms with E-state index in [4.69, 9.17) is 8.92 Å². The van der Waals surface area contributed by atoms with Crippen molar-refractivity contribution in [1.82, 2.24) is 5.32 Å². The van der Waals surface area contributed by atoms with Crippen LogP contribution in [-0.2, 0) is 27.8 Å². The predicted octanol–water partition coefficient (Wildman–Crippen LogP) is 2.81. The van der Waals surface area contributed by atoms with Gasteiger partial charge in [0.25, 0.3) is 5.91 Å². The number of amides is 1. The van der Waals surface area contributed by atoms with Gasteiger partial charge in [0.05, 0.1) is 7.11 Å². The van der Waals surface area contributed by atoms with Gasteiger partial charge < -0.3 is 19.3 Å². The average molecular weight is 467 g/mol. The Morgan fingerprint density at radius 3 is 2.09 bits per heavy atom. The van der Waals surface area contributed by atoms with Gasteiger partial charge in [-0.05, 0) is 41.5 Å². The number of carboxylic acids is 1. The van der Waals surface area contributed by atoms with Crippen LogP contribution in [0.5, 0.6) is 11.5 Å². The van der Waals surface area contributed by atoms with E-state index >= 15 is 0 Å². The fraction of sp³-hybridized carbons (Fsp3) is 0.167. The number of nitrogens with one attached hydrogen (secondary N) is 1. The van der Waals surface area contributed by atoms with E-state index in [1.807, 2.05) is 24.3 Å². The Morgan fingerprint density at radius 1 is 0.909 bits per heavy atom. The maximum atomic E-state index is 13.0. The number of hydrogen-bond donors (Lipinski definition) is 2. The third kappa shape index (κ3) is 4.40. The number of ether oxygens (including phenoxy) is 1. The van der Waals surface area contributed by atoms with Crippen molar-refractivity contribution in [2.24, 2.45) is 0 Å². The van der Waals surface area contributed by atoms with Gasteiger partial charge in [-0.15, -0.1) is 0 Å². The van der Waals surface area contributed by atoms with E-state index in [2.05, 4.69) is 5.32 Å². The van der Waals surface area contributed by atoms with Crippen LogP contribution in [0.3, 0.4) is 0 Å². The van der Waals surface area contributed by atoms with Crippen LogP contribution in [0, 0.1) is 0 Å². The van der Waals surface area contributed by atoms with E-state index in [0.29, 0.717) is 0 Å². The molecule has 0 spiro atoms. The zero-order valence-electron chi connectivity index (χ0n) is 17.6. The first-order valence-electron chi connectivity index (χ1n) is 10.0. The van der Waals surface area contributed by atoms with Crippen molar-refractivity contribution < 1.29 is 32.0 Å². The lowest BCUT2D eigenvalue weighted by Crippen LogP contribution is -2.55. The number of hydrogen-bond acceptors (Lipinski definition) is 6. The maximum Gasteiger partial charge on any atom is 0.339 e. The summed E-state index contributed by atoms with van der Waals surface area (Å²) in [5.74, 6) is -1.90. The number of carbonyl (C=O) groups is 2. The molecule has 0 heterocycles. The van der Waals surface area contributed by atoms with Gasteiger partial charge in [0.2, 0.25) is 0 Å². The van der Waals surface area contributed by atoms with Gasteiger partial charge in [-0.1, -0.05) is 42.5 Å². The van der Waals surface area contributed by atoms with Gasteiger partial charge in [0, 0.05) is 18.4 Å². The molecule has 0 saturated carbocycles. The Kier molecular flexibility index (Phi) is 5.82. The van der Waals surface area contributed by atoms with Gasteiger partial charge >= 0.3 is 16.1 Å². The SMILES string of the molecule is COc1ccc(C(=O)NC2(C(=O)O)Cc3ccccc3C2)cc1OS(=O)(=O)c1ccccc1. The molecular weight excluding hydrogens is 446 g/mol. The number of fused-ring (bicyclic) bond motifs is 1. The lowest BCUT2D eigenvalue weighted by Gasteiger charge is -2.25. The van der Waals surface area contributed by atoms with Crippen molar-refractivity contribution >= 4 is 22.0 Å². The molecule has 1 amide bonds. The zero-order valence-corrected chi connectivity index (χ0v) is 18.5. The lowest BCUT2D eigenvalue weighted by molar-refractivity contribution is -0.144. The second-order valence-corrected chi connectivity index (χ2v) is 9.23. The number of rotatable bonds is 7. The molecule has 9 heteroatoms. The van der Waals surface area contributed by atoms with E-state index < -0.39 is 27.5 Å². The quantitative estimate of drug-likeness (QED) is 0.513. The van der Waals surface area contributed by atoms with Crippen molar-refractivity contribution in [2.45, 2.75) is 23.3 Å². The summed E-state index contributed by atoms with van der Waals surface area (Å²) in [5.41, 5.74) is 0.240. The normalized spacial score (nSPS) is 14.2. The van der Waals surface area contributed by atoms with E-state index in [0.717, 1.165) is 11.1 Å². The monoisotopic (exact) mass is 467 g/mol. The van der Waals surface area contributed by atoms with Crippen LogP contribution in [0.4, 0.5) is 0 Å². The Morgan fingerprint density at radius 2 is 1.52 bits per heavy atom. The summed E-state index contributed by atoms with van der Waals surface area (Å²) in [6.07, 6.45) is 0.290. The Labute approximate surface area is 190 Å². The standard InChI is InChI=1S/C24H21NO7S/c1-31-20-12-11-16(13-21(20)32-33(29,30)19-9-3-2-4-10-19)22(26)25-24(23(27)28)14-17-7-5-6-8-18(17)15-24/h2-13H,14-15H2,1H3,(H,25,26)(H,27,28). The molecule has 0 bridgehead atoms. The number of benzene rings is 3. The summed E-state index contributed by atoms with van der Waals surface area (Å²) in [7, 11) is -2.84. The van der Waals surface area contributed by atoms with Gasteiger partial charge in [-0.2, -0.15) is 8.42 Å². The second kappa shape index (κ2) is 8.59. The minimum Gasteiger partial charge on any atom is -0.493 e. The topological polar surface area (TPSA) is 119 Å². The summed E-state index contributed by atoms with van der Waals surface area (Å²) in [4.78, 5) is 25.1. The number of carboxylic acid groups (broad SMARTS) is 1. The summed E-state index contributed by atoms with van der Waals surface area (Å²) in [6, 6.07) is 18.9.